The second kappa shape index (κ2) is 5.67. The third-order valence-electron chi connectivity index (χ3n) is 3.39. The molecule has 2 aromatic carbocycles. The zero-order valence-electron chi connectivity index (χ0n) is 12.4. The average Bonchev–Trinajstić information content (AvgIpc) is 2.48. The number of nitrogens with one attached hydrogen (secondary N) is 1. The predicted octanol–water partition coefficient (Wildman–Crippen LogP) is 6.18. The van der Waals surface area contributed by atoms with Gasteiger partial charge in [0.25, 0.3) is 0 Å². The highest BCUT2D eigenvalue weighted by atomic mass is 19.4. The van der Waals surface area contributed by atoms with E-state index in [2.05, 4.69) is 4.98 Å². The van der Waals surface area contributed by atoms with Gasteiger partial charge in [-0.3, -0.25) is 4.98 Å². The van der Waals surface area contributed by atoms with Gasteiger partial charge in [-0.1, -0.05) is 12.1 Å². The van der Waals surface area contributed by atoms with Crippen molar-refractivity contribution in [3.05, 3.63) is 65.3 Å². The maximum absolute atomic E-state index is 13.9. The molecule has 0 spiro atoms. The molecule has 1 N–H and O–H groups in total. The number of aromatic nitrogens is 1. The molecule has 0 unspecified atom stereocenters. The third kappa shape index (κ3) is 2.97. The standard InChI is InChI=1S/C17H11F4N2O/c1-9-7-15(24-14-6-5-10(22)8-13(14)18)11-3-2-4-12(16(11)23-9)17(19,20)21/h2-8,22H,1H3/q-1. The smallest absolute Gasteiger partial charge is 0.418 e. The zero-order chi connectivity index (χ0) is 17.5. The lowest BCUT2D eigenvalue weighted by molar-refractivity contribution is -0.136. The maximum Gasteiger partial charge on any atom is 0.418 e. The van der Waals surface area contributed by atoms with Crippen LogP contribution < -0.4 is 4.74 Å². The summed E-state index contributed by atoms with van der Waals surface area (Å²) in [6, 6.07) is 8.61. The molecular weight excluding hydrogens is 324 g/mol. The van der Waals surface area contributed by atoms with E-state index in [4.69, 9.17) is 10.5 Å². The first-order valence-electron chi connectivity index (χ1n) is 6.92. The normalized spacial score (nSPS) is 11.7. The Labute approximate surface area is 134 Å². The summed E-state index contributed by atoms with van der Waals surface area (Å²) in [5.41, 5.74) is 6.49. The van der Waals surface area contributed by atoms with Crippen LogP contribution in [-0.4, -0.2) is 4.98 Å². The number of fused-ring (bicyclic) bond motifs is 1. The van der Waals surface area contributed by atoms with Crippen LogP contribution in [0.4, 0.5) is 23.2 Å². The number of hydrogen-bond donors (Lipinski definition) is 0. The molecule has 0 fully saturated rings. The molecule has 0 aliphatic heterocycles. The lowest BCUT2D eigenvalue weighted by Crippen LogP contribution is -2.07. The Morgan fingerprint density at radius 1 is 1.04 bits per heavy atom. The minimum atomic E-state index is -4.56. The summed E-state index contributed by atoms with van der Waals surface area (Å²) in [6.07, 6.45) is -4.56. The van der Waals surface area contributed by atoms with Crippen molar-refractivity contribution in [2.45, 2.75) is 13.1 Å². The molecule has 1 heterocycles. The summed E-state index contributed by atoms with van der Waals surface area (Å²) in [5.74, 6) is -0.868. The van der Waals surface area contributed by atoms with E-state index < -0.39 is 17.6 Å². The molecule has 0 aliphatic rings. The first-order chi connectivity index (χ1) is 11.3. The van der Waals surface area contributed by atoms with E-state index in [1.165, 1.54) is 37.3 Å². The Hall–Kier alpha value is -2.83. The van der Waals surface area contributed by atoms with Gasteiger partial charge in [-0.15, -0.1) is 5.69 Å². The summed E-state index contributed by atoms with van der Waals surface area (Å²) in [4.78, 5) is 3.96. The Bertz CT molecular complexity index is 922. The number of alkyl halides is 3. The van der Waals surface area contributed by atoms with Crippen molar-refractivity contribution < 1.29 is 22.3 Å². The van der Waals surface area contributed by atoms with Gasteiger partial charge >= 0.3 is 6.18 Å². The van der Waals surface area contributed by atoms with Crippen LogP contribution in [-0.2, 0) is 6.18 Å². The molecule has 0 saturated carbocycles. The van der Waals surface area contributed by atoms with E-state index in [1.807, 2.05) is 0 Å². The minimum absolute atomic E-state index is 0.0324. The summed E-state index contributed by atoms with van der Waals surface area (Å²) in [6.45, 7) is 1.53. The molecule has 1 aromatic heterocycles. The molecule has 0 atom stereocenters. The topological polar surface area (TPSA) is 45.9 Å². The van der Waals surface area contributed by atoms with Gasteiger partial charge in [-0.25, -0.2) is 4.39 Å². The third-order valence-corrected chi connectivity index (χ3v) is 3.39. The molecule has 3 rings (SSSR count). The fourth-order valence-corrected chi connectivity index (χ4v) is 2.35. The number of para-hydroxylation sites is 1. The van der Waals surface area contributed by atoms with Gasteiger partial charge in [-0.05, 0) is 31.2 Å². The van der Waals surface area contributed by atoms with Crippen LogP contribution in [0.3, 0.4) is 0 Å². The van der Waals surface area contributed by atoms with E-state index in [0.717, 1.165) is 12.1 Å². The van der Waals surface area contributed by atoms with Gasteiger partial charge < -0.3 is 10.5 Å². The lowest BCUT2D eigenvalue weighted by Gasteiger charge is -2.15. The van der Waals surface area contributed by atoms with E-state index in [9.17, 15) is 17.6 Å². The summed E-state index contributed by atoms with van der Waals surface area (Å²) in [5, 5.41) is 0.129. The number of nitrogens with zero attached hydrogens (tertiary/aromatic N) is 1. The lowest BCUT2D eigenvalue weighted by atomic mass is 10.1. The minimum Gasteiger partial charge on any atom is -0.699 e. The molecule has 3 aromatic rings. The van der Waals surface area contributed by atoms with E-state index in [-0.39, 0.29) is 28.1 Å². The molecule has 7 heteroatoms. The first-order valence-corrected chi connectivity index (χ1v) is 6.92. The van der Waals surface area contributed by atoms with Crippen molar-refractivity contribution >= 4 is 16.6 Å². The van der Waals surface area contributed by atoms with Gasteiger partial charge in [0, 0.05) is 17.1 Å². The van der Waals surface area contributed by atoms with E-state index >= 15 is 0 Å². The Morgan fingerprint density at radius 3 is 2.46 bits per heavy atom. The van der Waals surface area contributed by atoms with Crippen LogP contribution in [0.15, 0.2) is 42.5 Å². The molecule has 0 saturated heterocycles. The van der Waals surface area contributed by atoms with Gasteiger partial charge in [0.05, 0.1) is 11.1 Å². The van der Waals surface area contributed by atoms with Gasteiger partial charge in [0.1, 0.15) is 5.75 Å². The van der Waals surface area contributed by atoms with Crippen LogP contribution in [0.5, 0.6) is 11.5 Å². The van der Waals surface area contributed by atoms with Crippen LogP contribution in [0, 0.1) is 12.7 Å². The zero-order valence-corrected chi connectivity index (χ0v) is 12.4. The molecule has 0 aliphatic carbocycles. The average molecular weight is 335 g/mol. The molecule has 3 nitrogen and oxygen atoms in total. The van der Waals surface area contributed by atoms with Crippen LogP contribution in [0.1, 0.15) is 11.3 Å². The highest BCUT2D eigenvalue weighted by Gasteiger charge is 2.33. The SMILES string of the molecule is Cc1cc(Oc2ccc([NH-])cc2F)c2cccc(C(F)(F)F)c2n1. The van der Waals surface area contributed by atoms with Crippen molar-refractivity contribution in [1.29, 1.82) is 0 Å². The van der Waals surface area contributed by atoms with Gasteiger partial charge in [-0.2, -0.15) is 13.2 Å². The van der Waals surface area contributed by atoms with Crippen LogP contribution in [0.2, 0.25) is 0 Å². The van der Waals surface area contributed by atoms with Crippen molar-refractivity contribution in [2.24, 2.45) is 0 Å². The number of halogens is 4. The van der Waals surface area contributed by atoms with Gasteiger partial charge in [0.2, 0.25) is 0 Å². The second-order valence-corrected chi connectivity index (χ2v) is 5.21. The summed E-state index contributed by atoms with van der Waals surface area (Å²) in [7, 11) is 0. The van der Waals surface area contributed by atoms with Crippen LogP contribution >= 0.6 is 0 Å². The summed E-state index contributed by atoms with van der Waals surface area (Å²) < 4.78 is 58.8. The Kier molecular flexibility index (Phi) is 3.79. The predicted molar refractivity (Wildman–Crippen MR) is 81.9 cm³/mol. The second-order valence-electron chi connectivity index (χ2n) is 5.21. The molecule has 124 valence electrons. The van der Waals surface area contributed by atoms with Crippen molar-refractivity contribution in [2.75, 3.05) is 0 Å². The number of rotatable bonds is 2. The fourth-order valence-electron chi connectivity index (χ4n) is 2.35. The molecule has 0 amide bonds. The Balaban J connectivity index is 2.18. The quantitative estimate of drug-likeness (QED) is 0.525. The molecular formula is C17H11F4N2O-. The highest BCUT2D eigenvalue weighted by molar-refractivity contribution is 5.88. The monoisotopic (exact) mass is 335 g/mol. The molecule has 0 radical (unpaired) electrons. The molecule has 0 bridgehead atoms. The first kappa shape index (κ1) is 16.0. The number of ether oxygens (including phenoxy) is 1. The number of aryl methyl sites for hydroxylation is 1. The number of pyridine rings is 1. The van der Waals surface area contributed by atoms with Crippen LogP contribution in [0.25, 0.3) is 16.6 Å². The molecule has 24 heavy (non-hydrogen) atoms. The van der Waals surface area contributed by atoms with Gasteiger partial charge in [0.15, 0.2) is 11.6 Å². The summed E-state index contributed by atoms with van der Waals surface area (Å²) >= 11 is 0. The van der Waals surface area contributed by atoms with Crippen molar-refractivity contribution in [3.63, 3.8) is 0 Å². The number of benzene rings is 2. The maximum atomic E-state index is 13.9. The van der Waals surface area contributed by atoms with E-state index in [1.54, 1.807) is 0 Å². The highest BCUT2D eigenvalue weighted by Crippen LogP contribution is 2.38. The largest absolute Gasteiger partial charge is 0.699 e. The fraction of sp³-hybridized carbons (Fsp3) is 0.118. The number of hydrogen-bond acceptors (Lipinski definition) is 2. The van der Waals surface area contributed by atoms with Crippen molar-refractivity contribution in [3.8, 4) is 11.5 Å². The van der Waals surface area contributed by atoms with Crippen molar-refractivity contribution in [1.82, 2.24) is 4.98 Å². The van der Waals surface area contributed by atoms with E-state index in [0.29, 0.717) is 5.69 Å². The Morgan fingerprint density at radius 2 is 1.79 bits per heavy atom.